The first-order valence-corrected chi connectivity index (χ1v) is 8.76. The molecule has 0 unspecified atom stereocenters. The molecule has 3 N–H and O–H groups in total. The molecule has 0 amide bonds. The molecule has 2 aromatic carbocycles. The Morgan fingerprint density at radius 2 is 1.79 bits per heavy atom. The molecule has 0 saturated carbocycles. The van der Waals surface area contributed by atoms with E-state index in [9.17, 15) is 18.4 Å². The second-order valence-corrected chi connectivity index (χ2v) is 6.29. The molecule has 0 saturated heterocycles. The van der Waals surface area contributed by atoms with Crippen molar-refractivity contribution in [2.24, 2.45) is 0 Å². The number of halogens is 2. The van der Waals surface area contributed by atoms with E-state index in [1.54, 1.807) is 6.92 Å². The summed E-state index contributed by atoms with van der Waals surface area (Å²) in [6, 6.07) is 13.0. The highest BCUT2D eigenvalue weighted by Crippen LogP contribution is 2.21. The van der Waals surface area contributed by atoms with Gasteiger partial charge in [-0.3, -0.25) is 14.3 Å². The van der Waals surface area contributed by atoms with E-state index in [-0.39, 0.29) is 30.2 Å². The van der Waals surface area contributed by atoms with Crippen LogP contribution in [-0.4, -0.2) is 16.1 Å². The highest BCUT2D eigenvalue weighted by molar-refractivity contribution is 5.62. The van der Waals surface area contributed by atoms with Crippen molar-refractivity contribution in [2.75, 3.05) is 17.2 Å². The number of rotatable bonds is 6. The van der Waals surface area contributed by atoms with Gasteiger partial charge in [0.15, 0.2) is 11.6 Å². The molecule has 6 nitrogen and oxygen atoms in total. The molecule has 146 valence electrons. The third kappa shape index (κ3) is 3.80. The Morgan fingerprint density at radius 1 is 1.07 bits per heavy atom. The van der Waals surface area contributed by atoms with Gasteiger partial charge < -0.3 is 10.6 Å². The standard InChI is InChI=1S/C20H20F2N4O2/c1-2-25(12-14-9-6-10-15(21)16(14)22)17-18(23)26(20(28)24-19(17)27)11-13-7-4-3-5-8-13/h3-10H,2,11-12,23H2,1H3,(H,24,27,28). The number of hydrogen-bond donors (Lipinski definition) is 2. The lowest BCUT2D eigenvalue weighted by Gasteiger charge is -2.25. The Bertz CT molecular complexity index is 1090. The van der Waals surface area contributed by atoms with Crippen molar-refractivity contribution in [1.29, 1.82) is 0 Å². The number of benzene rings is 2. The normalized spacial score (nSPS) is 10.8. The van der Waals surface area contributed by atoms with E-state index in [1.807, 2.05) is 30.3 Å². The van der Waals surface area contributed by atoms with Crippen LogP contribution in [-0.2, 0) is 13.1 Å². The molecule has 0 aliphatic heterocycles. The van der Waals surface area contributed by atoms with Gasteiger partial charge in [0.1, 0.15) is 11.5 Å². The number of aromatic nitrogens is 2. The molecule has 3 rings (SSSR count). The monoisotopic (exact) mass is 386 g/mol. The number of nitrogens with zero attached hydrogens (tertiary/aromatic N) is 2. The summed E-state index contributed by atoms with van der Waals surface area (Å²) >= 11 is 0. The molecule has 1 aromatic heterocycles. The van der Waals surface area contributed by atoms with Gasteiger partial charge in [0.05, 0.1) is 6.54 Å². The number of aromatic amines is 1. The van der Waals surface area contributed by atoms with Gasteiger partial charge in [0.25, 0.3) is 5.56 Å². The molecule has 0 aliphatic carbocycles. The van der Waals surface area contributed by atoms with Gasteiger partial charge in [0.2, 0.25) is 0 Å². The Labute approximate surface area is 159 Å². The fourth-order valence-electron chi connectivity index (χ4n) is 3.03. The molecule has 0 aliphatic rings. The van der Waals surface area contributed by atoms with Crippen LogP contribution in [0.5, 0.6) is 0 Å². The molecule has 3 aromatic rings. The highest BCUT2D eigenvalue weighted by atomic mass is 19.2. The van der Waals surface area contributed by atoms with Crippen LogP contribution in [0.25, 0.3) is 0 Å². The van der Waals surface area contributed by atoms with E-state index in [2.05, 4.69) is 4.98 Å². The first kappa shape index (κ1) is 19.3. The predicted octanol–water partition coefficient (Wildman–Crippen LogP) is 2.47. The summed E-state index contributed by atoms with van der Waals surface area (Å²) in [5.74, 6) is -1.98. The second-order valence-electron chi connectivity index (χ2n) is 6.29. The summed E-state index contributed by atoms with van der Waals surface area (Å²) in [6.45, 7) is 2.15. The Kier molecular flexibility index (Phi) is 5.58. The summed E-state index contributed by atoms with van der Waals surface area (Å²) < 4.78 is 28.8. The molecule has 8 heteroatoms. The predicted molar refractivity (Wildman–Crippen MR) is 104 cm³/mol. The smallest absolute Gasteiger partial charge is 0.330 e. The maximum atomic E-state index is 14.1. The third-order valence-electron chi connectivity index (χ3n) is 4.49. The Morgan fingerprint density at radius 3 is 2.46 bits per heavy atom. The fourth-order valence-corrected chi connectivity index (χ4v) is 3.03. The molecule has 0 fully saturated rings. The van der Waals surface area contributed by atoms with Crippen molar-refractivity contribution in [3.8, 4) is 0 Å². The first-order valence-electron chi connectivity index (χ1n) is 8.76. The summed E-state index contributed by atoms with van der Waals surface area (Å²) in [5.41, 5.74) is 5.81. The molecule has 28 heavy (non-hydrogen) atoms. The quantitative estimate of drug-likeness (QED) is 0.682. The van der Waals surface area contributed by atoms with E-state index >= 15 is 0 Å². The average Bonchev–Trinajstić information content (AvgIpc) is 2.68. The maximum Gasteiger partial charge on any atom is 0.330 e. The van der Waals surface area contributed by atoms with Crippen molar-refractivity contribution >= 4 is 11.5 Å². The van der Waals surface area contributed by atoms with Gasteiger partial charge in [-0.05, 0) is 18.6 Å². The topological polar surface area (TPSA) is 84.1 Å². The summed E-state index contributed by atoms with van der Waals surface area (Å²) in [7, 11) is 0. The van der Waals surface area contributed by atoms with Gasteiger partial charge in [-0.1, -0.05) is 42.5 Å². The van der Waals surface area contributed by atoms with Crippen LogP contribution >= 0.6 is 0 Å². The Hall–Kier alpha value is -3.42. The minimum Gasteiger partial charge on any atom is -0.383 e. The van der Waals surface area contributed by atoms with Gasteiger partial charge in [-0.25, -0.2) is 13.6 Å². The molecular weight excluding hydrogens is 366 g/mol. The van der Waals surface area contributed by atoms with Gasteiger partial charge in [-0.2, -0.15) is 0 Å². The summed E-state index contributed by atoms with van der Waals surface area (Å²) in [6.07, 6.45) is 0. The van der Waals surface area contributed by atoms with E-state index in [0.29, 0.717) is 6.54 Å². The van der Waals surface area contributed by atoms with Crippen molar-refractivity contribution in [1.82, 2.24) is 9.55 Å². The maximum absolute atomic E-state index is 14.1. The van der Waals surface area contributed by atoms with Crippen LogP contribution in [0.4, 0.5) is 20.3 Å². The van der Waals surface area contributed by atoms with Gasteiger partial charge in [-0.15, -0.1) is 0 Å². The number of nitrogens with one attached hydrogen (secondary N) is 1. The summed E-state index contributed by atoms with van der Waals surface area (Å²) in [4.78, 5) is 28.5. The largest absolute Gasteiger partial charge is 0.383 e. The van der Waals surface area contributed by atoms with Crippen molar-refractivity contribution in [3.63, 3.8) is 0 Å². The van der Waals surface area contributed by atoms with Crippen molar-refractivity contribution < 1.29 is 8.78 Å². The van der Waals surface area contributed by atoms with E-state index in [0.717, 1.165) is 11.6 Å². The highest BCUT2D eigenvalue weighted by Gasteiger charge is 2.20. The molecule has 0 bridgehead atoms. The molecule has 0 atom stereocenters. The number of H-pyrrole nitrogens is 1. The van der Waals surface area contributed by atoms with Crippen LogP contribution in [0, 0.1) is 11.6 Å². The van der Waals surface area contributed by atoms with Gasteiger partial charge in [0, 0.05) is 18.7 Å². The fraction of sp³-hybridized carbons (Fsp3) is 0.200. The third-order valence-corrected chi connectivity index (χ3v) is 4.49. The zero-order chi connectivity index (χ0) is 20.3. The van der Waals surface area contributed by atoms with Crippen LogP contribution in [0.3, 0.4) is 0 Å². The molecule has 0 radical (unpaired) electrons. The van der Waals surface area contributed by atoms with Crippen LogP contribution in [0.15, 0.2) is 58.1 Å². The average molecular weight is 386 g/mol. The molecular formula is C20H20F2N4O2. The van der Waals surface area contributed by atoms with E-state index in [1.165, 1.54) is 21.6 Å². The Balaban J connectivity index is 2.04. The van der Waals surface area contributed by atoms with Gasteiger partial charge >= 0.3 is 5.69 Å². The van der Waals surface area contributed by atoms with Crippen LogP contribution in [0.1, 0.15) is 18.1 Å². The number of nitrogen functional groups attached to an aromatic ring is 1. The minimum absolute atomic E-state index is 0.0312. The lowest BCUT2D eigenvalue weighted by Crippen LogP contribution is -2.38. The molecule has 0 spiro atoms. The number of nitrogens with two attached hydrogens (primary N) is 1. The van der Waals surface area contributed by atoms with Crippen molar-refractivity contribution in [2.45, 2.75) is 20.0 Å². The lowest BCUT2D eigenvalue weighted by atomic mass is 10.2. The zero-order valence-electron chi connectivity index (χ0n) is 15.3. The SMILES string of the molecule is CCN(Cc1cccc(F)c1F)c1c(N)n(Cc2ccccc2)c(=O)[nH]c1=O. The van der Waals surface area contributed by atoms with E-state index < -0.39 is 22.9 Å². The zero-order valence-corrected chi connectivity index (χ0v) is 15.3. The van der Waals surface area contributed by atoms with E-state index in [4.69, 9.17) is 5.73 Å². The minimum atomic E-state index is -0.978. The number of hydrogen-bond acceptors (Lipinski definition) is 4. The molecule has 1 heterocycles. The van der Waals surface area contributed by atoms with Crippen molar-refractivity contribution in [3.05, 3.63) is 92.1 Å². The summed E-state index contributed by atoms with van der Waals surface area (Å²) in [5, 5.41) is 0. The number of anilines is 2. The lowest BCUT2D eigenvalue weighted by molar-refractivity contribution is 0.497. The second kappa shape index (κ2) is 8.08. The van der Waals surface area contributed by atoms with Crippen LogP contribution < -0.4 is 21.9 Å². The van der Waals surface area contributed by atoms with Crippen LogP contribution in [0.2, 0.25) is 0 Å². The first-order chi connectivity index (χ1) is 13.4.